The number of fused-ring (bicyclic) bond motifs is 12. The van der Waals surface area contributed by atoms with E-state index in [0.29, 0.717) is 0 Å². The number of furan rings is 1. The molecule has 0 atom stereocenters. The van der Waals surface area contributed by atoms with Gasteiger partial charge in [0.25, 0.3) is 0 Å². The highest BCUT2D eigenvalue weighted by Crippen LogP contribution is 2.62. The van der Waals surface area contributed by atoms with Gasteiger partial charge in [0.1, 0.15) is 5.58 Å². The quantitative estimate of drug-likeness (QED) is 0.200. The fourth-order valence-electron chi connectivity index (χ4n) is 8.69. The average Bonchev–Trinajstić information content (AvgIpc) is 3.73. The Kier molecular flexibility index (Phi) is 6.43. The Morgan fingerprint density at radius 3 is 1.87 bits per heavy atom. The molecule has 0 bridgehead atoms. The van der Waals surface area contributed by atoms with Gasteiger partial charge >= 0.3 is 0 Å². The van der Waals surface area contributed by atoms with Crippen molar-refractivity contribution in [3.8, 4) is 33.4 Å². The van der Waals surface area contributed by atoms with Gasteiger partial charge in [0.15, 0.2) is 5.58 Å². The summed E-state index contributed by atoms with van der Waals surface area (Å²) in [7, 11) is 0. The largest absolute Gasteiger partial charge is 0.454 e. The molecule has 52 heavy (non-hydrogen) atoms. The fourth-order valence-corrected chi connectivity index (χ4v) is 9.92. The highest BCUT2D eigenvalue weighted by atomic mass is 32.2. The lowest BCUT2D eigenvalue weighted by Crippen LogP contribution is -2.31. The Bertz CT molecular complexity index is 2820. The van der Waals surface area contributed by atoms with Gasteiger partial charge in [-0.25, -0.2) is 0 Å². The van der Waals surface area contributed by atoms with E-state index >= 15 is 0 Å². The van der Waals surface area contributed by atoms with Crippen molar-refractivity contribution in [3.63, 3.8) is 0 Å². The molecule has 1 N–H and O–H groups in total. The van der Waals surface area contributed by atoms with E-state index in [9.17, 15) is 0 Å². The summed E-state index contributed by atoms with van der Waals surface area (Å²) in [6.45, 7) is 0. The number of hydrogen-bond donors (Lipinski definition) is 1. The first-order valence-corrected chi connectivity index (χ1v) is 18.6. The number of nitrogens with one attached hydrogen (secondary N) is 1. The molecule has 1 aromatic heterocycles. The Morgan fingerprint density at radius 1 is 0.423 bits per heavy atom. The molecule has 8 aromatic carbocycles. The van der Waals surface area contributed by atoms with Crippen molar-refractivity contribution in [1.82, 2.24) is 0 Å². The van der Waals surface area contributed by atoms with Gasteiger partial charge in [-0.05, 0) is 98.1 Å². The molecule has 0 saturated heterocycles. The Morgan fingerprint density at radius 2 is 1.06 bits per heavy atom. The van der Waals surface area contributed by atoms with Gasteiger partial charge in [0, 0.05) is 26.3 Å². The van der Waals surface area contributed by atoms with Gasteiger partial charge in [0.2, 0.25) is 0 Å². The van der Waals surface area contributed by atoms with Crippen LogP contribution in [0, 0.1) is 0 Å². The molecule has 0 fully saturated rings. The second kappa shape index (κ2) is 11.4. The van der Waals surface area contributed by atoms with E-state index < -0.39 is 5.41 Å². The summed E-state index contributed by atoms with van der Waals surface area (Å²) >= 11 is 1.86. The van der Waals surface area contributed by atoms with Crippen molar-refractivity contribution < 1.29 is 4.42 Å². The molecule has 2 heterocycles. The number of hydrogen-bond acceptors (Lipinski definition) is 3. The van der Waals surface area contributed by atoms with Gasteiger partial charge in [-0.2, -0.15) is 0 Å². The van der Waals surface area contributed by atoms with Crippen LogP contribution in [0.25, 0.3) is 55.3 Å². The molecule has 0 unspecified atom stereocenters. The fraction of sp³-hybridized carbons (Fsp3) is 0.0204. The van der Waals surface area contributed by atoms with Gasteiger partial charge in [0.05, 0.1) is 11.1 Å². The number of rotatable bonds is 4. The minimum atomic E-state index is -0.390. The zero-order chi connectivity index (χ0) is 34.2. The Balaban J connectivity index is 1.08. The average molecular weight is 682 g/mol. The van der Waals surface area contributed by atoms with Gasteiger partial charge < -0.3 is 9.73 Å². The Hall–Kier alpha value is -6.29. The summed E-state index contributed by atoms with van der Waals surface area (Å²) < 4.78 is 6.59. The van der Waals surface area contributed by atoms with E-state index in [1.807, 2.05) is 17.8 Å². The lowest BCUT2D eigenvalue weighted by atomic mass is 9.67. The standard InChI is InChI=1S/C49H31NOS/c1-2-13-31(14-3-1)32-15-12-16-33(27-32)34-28-39-38-19-6-10-23-45(38)51-48(39)44(29-34)50-35-25-26-43-47(30-35)52-46-24-11-9-22-42(46)49(43)40-20-7-4-17-36(40)37-18-5-8-21-41(37)49/h1-30,50H. The molecule has 2 nitrogen and oxygen atoms in total. The summed E-state index contributed by atoms with van der Waals surface area (Å²) in [5.41, 5.74) is 16.0. The van der Waals surface area contributed by atoms with Gasteiger partial charge in [-0.3, -0.25) is 0 Å². The van der Waals surface area contributed by atoms with Crippen molar-refractivity contribution in [2.45, 2.75) is 15.2 Å². The molecule has 1 spiro atoms. The maximum absolute atomic E-state index is 6.59. The summed E-state index contributed by atoms with van der Waals surface area (Å²) in [6, 6.07) is 66.0. The zero-order valence-electron chi connectivity index (χ0n) is 28.1. The monoisotopic (exact) mass is 681 g/mol. The van der Waals surface area contributed by atoms with E-state index in [1.54, 1.807) is 0 Å². The first kappa shape index (κ1) is 29.4. The molecule has 0 radical (unpaired) electrons. The summed E-state index contributed by atoms with van der Waals surface area (Å²) in [4.78, 5) is 2.54. The summed E-state index contributed by atoms with van der Waals surface area (Å²) in [5, 5.41) is 6.06. The van der Waals surface area contributed by atoms with Crippen LogP contribution in [-0.2, 0) is 5.41 Å². The predicted molar refractivity (Wildman–Crippen MR) is 216 cm³/mol. The third-order valence-corrected chi connectivity index (χ3v) is 12.0. The van der Waals surface area contributed by atoms with Gasteiger partial charge in [-0.1, -0.05) is 151 Å². The third kappa shape index (κ3) is 4.27. The highest BCUT2D eigenvalue weighted by molar-refractivity contribution is 7.99. The van der Waals surface area contributed by atoms with Crippen LogP contribution >= 0.6 is 11.8 Å². The van der Waals surface area contributed by atoms with E-state index in [-0.39, 0.29) is 0 Å². The van der Waals surface area contributed by atoms with E-state index in [1.165, 1.54) is 54.3 Å². The smallest absolute Gasteiger partial charge is 0.158 e. The van der Waals surface area contributed by atoms with Crippen LogP contribution in [0.2, 0.25) is 0 Å². The molecule has 3 heteroatoms. The maximum atomic E-state index is 6.59. The summed E-state index contributed by atoms with van der Waals surface area (Å²) in [6.07, 6.45) is 0. The molecule has 244 valence electrons. The van der Waals surface area contributed by atoms with Crippen molar-refractivity contribution in [3.05, 3.63) is 204 Å². The lowest BCUT2D eigenvalue weighted by Gasteiger charge is -2.39. The molecule has 1 aliphatic carbocycles. The van der Waals surface area contributed by atoms with Crippen LogP contribution in [0.4, 0.5) is 11.4 Å². The van der Waals surface area contributed by atoms with E-state index in [4.69, 9.17) is 4.42 Å². The molecular formula is C49H31NOS. The van der Waals surface area contributed by atoms with E-state index in [2.05, 4.69) is 181 Å². The second-order valence-corrected chi connectivity index (χ2v) is 14.8. The van der Waals surface area contributed by atoms with Crippen molar-refractivity contribution >= 4 is 45.1 Å². The van der Waals surface area contributed by atoms with Crippen LogP contribution in [0.1, 0.15) is 22.3 Å². The molecule has 2 aliphatic rings. The zero-order valence-corrected chi connectivity index (χ0v) is 29.0. The maximum Gasteiger partial charge on any atom is 0.158 e. The van der Waals surface area contributed by atoms with Crippen LogP contribution in [0.5, 0.6) is 0 Å². The highest BCUT2D eigenvalue weighted by Gasteiger charge is 2.50. The number of anilines is 2. The van der Waals surface area contributed by atoms with Crippen molar-refractivity contribution in [2.75, 3.05) is 5.32 Å². The second-order valence-electron chi connectivity index (χ2n) is 13.7. The number of para-hydroxylation sites is 1. The molecule has 1 aliphatic heterocycles. The topological polar surface area (TPSA) is 25.2 Å². The molecule has 9 aromatic rings. The minimum Gasteiger partial charge on any atom is -0.454 e. The molecular weight excluding hydrogens is 651 g/mol. The minimum absolute atomic E-state index is 0.390. The van der Waals surface area contributed by atoms with E-state index in [0.717, 1.165) is 44.4 Å². The van der Waals surface area contributed by atoms with Crippen molar-refractivity contribution in [1.29, 1.82) is 0 Å². The Labute approximate surface area is 306 Å². The van der Waals surface area contributed by atoms with Crippen LogP contribution in [-0.4, -0.2) is 0 Å². The SMILES string of the molecule is c1ccc(-c2cccc(-c3cc(Nc4ccc5c(c4)Sc4ccccc4C54c5ccccc5-c5ccccc54)c4oc5ccccc5c4c3)c2)cc1. The molecule has 11 rings (SSSR count). The number of benzene rings is 8. The predicted octanol–water partition coefficient (Wildman–Crippen LogP) is 13.5. The lowest BCUT2D eigenvalue weighted by molar-refractivity contribution is 0.670. The van der Waals surface area contributed by atoms with Gasteiger partial charge in [-0.15, -0.1) is 0 Å². The third-order valence-electron chi connectivity index (χ3n) is 10.9. The van der Waals surface area contributed by atoms with Crippen molar-refractivity contribution in [2.24, 2.45) is 0 Å². The van der Waals surface area contributed by atoms with Crippen LogP contribution < -0.4 is 5.32 Å². The van der Waals surface area contributed by atoms with Crippen LogP contribution in [0.3, 0.4) is 0 Å². The van der Waals surface area contributed by atoms with Crippen LogP contribution in [0.15, 0.2) is 196 Å². The first-order chi connectivity index (χ1) is 25.8. The molecule has 0 saturated carbocycles. The summed E-state index contributed by atoms with van der Waals surface area (Å²) in [5.74, 6) is 0. The normalized spacial score (nSPS) is 13.5. The first-order valence-electron chi connectivity index (χ1n) is 17.8. The molecule has 0 amide bonds.